The monoisotopic (exact) mass is 547 g/mol. The zero-order valence-corrected chi connectivity index (χ0v) is 23.9. The standard InChI is InChI=1S/C34H33N3O2S/c1-34(2,3)26-15-18-29-30(19-26)40-33(31(29)32(38)37-27-11-5-4-6-12-27)36-21-23-13-16-28(17-14-23)39-22-25-10-8-7-9-24(25)20-35/h4-14,16-17,21,26H,15,18-19,22H2,1-3H3,(H,37,38)/t26-/m1/s1. The Kier molecular flexibility index (Phi) is 8.14. The van der Waals surface area contributed by atoms with Crippen molar-refractivity contribution in [2.45, 2.75) is 46.6 Å². The highest BCUT2D eigenvalue weighted by atomic mass is 32.1. The first-order valence-corrected chi connectivity index (χ1v) is 14.4. The smallest absolute Gasteiger partial charge is 0.259 e. The number of carbonyl (C=O) groups is 1. The van der Waals surface area contributed by atoms with Crippen molar-refractivity contribution in [2.24, 2.45) is 16.3 Å². The number of ether oxygens (including phenoxy) is 1. The summed E-state index contributed by atoms with van der Waals surface area (Å²) in [5.74, 6) is 1.19. The number of fused-ring (bicyclic) bond motifs is 1. The van der Waals surface area contributed by atoms with E-state index < -0.39 is 0 Å². The molecule has 202 valence electrons. The third kappa shape index (κ3) is 6.32. The second-order valence-electron chi connectivity index (χ2n) is 11.2. The van der Waals surface area contributed by atoms with E-state index in [0.29, 0.717) is 29.4 Å². The van der Waals surface area contributed by atoms with Crippen molar-refractivity contribution in [1.82, 2.24) is 0 Å². The number of hydrogen-bond donors (Lipinski definition) is 1. The summed E-state index contributed by atoms with van der Waals surface area (Å²) in [6.07, 6.45) is 4.75. The van der Waals surface area contributed by atoms with Gasteiger partial charge in [-0.1, -0.05) is 57.2 Å². The van der Waals surface area contributed by atoms with Gasteiger partial charge in [-0.25, -0.2) is 4.99 Å². The van der Waals surface area contributed by atoms with Gasteiger partial charge in [-0.05, 0) is 84.2 Å². The van der Waals surface area contributed by atoms with Gasteiger partial charge in [-0.15, -0.1) is 11.3 Å². The lowest BCUT2D eigenvalue weighted by Crippen LogP contribution is -2.27. The van der Waals surface area contributed by atoms with Crippen molar-refractivity contribution in [2.75, 3.05) is 5.32 Å². The molecule has 0 bridgehead atoms. The Bertz CT molecular complexity index is 1560. The number of nitrogens with one attached hydrogen (secondary N) is 1. The minimum atomic E-state index is -0.105. The maximum absolute atomic E-state index is 13.5. The van der Waals surface area contributed by atoms with Crippen LogP contribution in [0.3, 0.4) is 0 Å². The topological polar surface area (TPSA) is 74.5 Å². The Balaban J connectivity index is 1.36. The van der Waals surface area contributed by atoms with E-state index in [0.717, 1.165) is 46.6 Å². The molecule has 1 aliphatic rings. The minimum Gasteiger partial charge on any atom is -0.489 e. The van der Waals surface area contributed by atoms with Gasteiger partial charge in [0.25, 0.3) is 5.91 Å². The van der Waals surface area contributed by atoms with E-state index in [2.05, 4.69) is 32.2 Å². The van der Waals surface area contributed by atoms with Crippen LogP contribution in [0.1, 0.15) is 64.7 Å². The number of amides is 1. The first kappa shape index (κ1) is 27.4. The lowest BCUT2D eigenvalue weighted by Gasteiger charge is -2.33. The number of carbonyl (C=O) groups excluding carboxylic acids is 1. The largest absolute Gasteiger partial charge is 0.489 e. The number of benzene rings is 3. The number of aliphatic imine (C=N–C) groups is 1. The molecule has 1 aliphatic carbocycles. The number of hydrogen-bond acceptors (Lipinski definition) is 5. The fourth-order valence-electron chi connectivity index (χ4n) is 5.05. The molecule has 0 aliphatic heterocycles. The first-order valence-electron chi connectivity index (χ1n) is 13.6. The summed E-state index contributed by atoms with van der Waals surface area (Å²) in [7, 11) is 0. The zero-order valence-electron chi connectivity index (χ0n) is 23.1. The van der Waals surface area contributed by atoms with E-state index in [1.807, 2.05) is 79.0 Å². The van der Waals surface area contributed by atoms with Crippen LogP contribution in [0.5, 0.6) is 5.75 Å². The summed E-state index contributed by atoms with van der Waals surface area (Å²) in [4.78, 5) is 19.6. The van der Waals surface area contributed by atoms with E-state index in [4.69, 9.17) is 9.73 Å². The number of rotatable bonds is 7. The summed E-state index contributed by atoms with van der Waals surface area (Å²) >= 11 is 1.64. The molecule has 0 spiro atoms. The highest BCUT2D eigenvalue weighted by Gasteiger charge is 2.33. The van der Waals surface area contributed by atoms with Gasteiger partial charge in [-0.3, -0.25) is 4.79 Å². The summed E-state index contributed by atoms with van der Waals surface area (Å²) in [5, 5.41) is 13.1. The van der Waals surface area contributed by atoms with Crippen LogP contribution >= 0.6 is 11.3 Å². The Morgan fingerprint density at radius 1 is 1.07 bits per heavy atom. The molecule has 0 fully saturated rings. The second kappa shape index (κ2) is 11.9. The Morgan fingerprint density at radius 3 is 2.52 bits per heavy atom. The molecule has 1 amide bonds. The van der Waals surface area contributed by atoms with E-state index in [1.54, 1.807) is 17.4 Å². The van der Waals surface area contributed by atoms with E-state index in [1.165, 1.54) is 4.88 Å². The fourth-order valence-corrected chi connectivity index (χ4v) is 6.32. The number of nitriles is 1. The van der Waals surface area contributed by atoms with Crippen LogP contribution in [-0.4, -0.2) is 12.1 Å². The van der Waals surface area contributed by atoms with Crippen LogP contribution < -0.4 is 10.1 Å². The van der Waals surface area contributed by atoms with E-state index >= 15 is 0 Å². The van der Waals surface area contributed by atoms with Crippen molar-refractivity contribution >= 4 is 34.1 Å². The third-order valence-electron chi connectivity index (χ3n) is 7.47. The summed E-state index contributed by atoms with van der Waals surface area (Å²) < 4.78 is 5.91. The lowest BCUT2D eigenvalue weighted by atomic mass is 9.72. The lowest BCUT2D eigenvalue weighted by molar-refractivity contribution is 0.102. The fraction of sp³-hybridized carbons (Fsp3) is 0.265. The molecule has 1 heterocycles. The number of anilines is 1. The van der Waals surface area contributed by atoms with Crippen molar-refractivity contribution in [3.8, 4) is 11.8 Å². The van der Waals surface area contributed by atoms with Crippen molar-refractivity contribution in [3.63, 3.8) is 0 Å². The molecule has 5 nitrogen and oxygen atoms in total. The Morgan fingerprint density at radius 2 is 1.80 bits per heavy atom. The van der Waals surface area contributed by atoms with Crippen LogP contribution in [0.2, 0.25) is 0 Å². The molecular weight excluding hydrogens is 514 g/mol. The number of nitrogens with zero attached hydrogens (tertiary/aromatic N) is 2. The molecule has 5 rings (SSSR count). The van der Waals surface area contributed by atoms with Gasteiger partial charge in [0.1, 0.15) is 17.4 Å². The number of para-hydroxylation sites is 1. The van der Waals surface area contributed by atoms with Gasteiger partial charge in [0, 0.05) is 22.3 Å². The third-order valence-corrected chi connectivity index (χ3v) is 8.64. The highest BCUT2D eigenvalue weighted by molar-refractivity contribution is 7.16. The molecule has 1 aromatic heterocycles. The molecule has 1 atom stereocenters. The van der Waals surface area contributed by atoms with Crippen LogP contribution in [-0.2, 0) is 19.4 Å². The highest BCUT2D eigenvalue weighted by Crippen LogP contribution is 2.45. The van der Waals surface area contributed by atoms with Crippen LogP contribution in [0.4, 0.5) is 10.7 Å². The molecule has 0 saturated heterocycles. The summed E-state index contributed by atoms with van der Waals surface area (Å²) in [6.45, 7) is 7.23. The minimum absolute atomic E-state index is 0.105. The molecule has 0 saturated carbocycles. The number of thiophene rings is 1. The predicted octanol–water partition coefficient (Wildman–Crippen LogP) is 8.35. The van der Waals surface area contributed by atoms with Crippen LogP contribution in [0.25, 0.3) is 0 Å². The predicted molar refractivity (Wildman–Crippen MR) is 163 cm³/mol. The normalized spacial score (nSPS) is 14.9. The van der Waals surface area contributed by atoms with E-state index in [9.17, 15) is 10.1 Å². The quantitative estimate of drug-likeness (QED) is 0.236. The van der Waals surface area contributed by atoms with Gasteiger partial charge in [0.2, 0.25) is 0 Å². The van der Waals surface area contributed by atoms with Crippen molar-refractivity contribution < 1.29 is 9.53 Å². The van der Waals surface area contributed by atoms with Gasteiger partial charge in [-0.2, -0.15) is 5.26 Å². The summed E-state index contributed by atoms with van der Waals surface area (Å²) in [6, 6.07) is 26.9. The molecule has 1 N–H and O–H groups in total. The van der Waals surface area contributed by atoms with Crippen molar-refractivity contribution in [1.29, 1.82) is 5.26 Å². The van der Waals surface area contributed by atoms with Gasteiger partial charge < -0.3 is 10.1 Å². The van der Waals surface area contributed by atoms with Crippen LogP contribution in [0.15, 0.2) is 83.9 Å². The molecule has 3 aromatic carbocycles. The van der Waals surface area contributed by atoms with Gasteiger partial charge >= 0.3 is 0 Å². The van der Waals surface area contributed by atoms with Gasteiger partial charge in [0.15, 0.2) is 0 Å². The molecule has 0 unspecified atom stereocenters. The SMILES string of the molecule is CC(C)(C)[C@@H]1CCc2c(sc(N=Cc3ccc(OCc4ccccc4C#N)cc3)c2C(=O)Nc2ccccc2)C1. The molecular formula is C34H33N3O2S. The maximum atomic E-state index is 13.5. The average Bonchev–Trinajstić information content (AvgIpc) is 3.33. The second-order valence-corrected chi connectivity index (χ2v) is 12.3. The molecule has 4 aromatic rings. The van der Waals surface area contributed by atoms with Gasteiger partial charge in [0.05, 0.1) is 17.2 Å². The Labute approximate surface area is 240 Å². The maximum Gasteiger partial charge on any atom is 0.259 e. The molecule has 6 heteroatoms. The zero-order chi connectivity index (χ0) is 28.1. The summed E-state index contributed by atoms with van der Waals surface area (Å²) in [5.41, 5.74) is 5.23. The Hall–Kier alpha value is -4.21. The first-order chi connectivity index (χ1) is 19.3. The van der Waals surface area contributed by atoms with Crippen molar-refractivity contribution in [3.05, 3.63) is 112 Å². The molecule has 40 heavy (non-hydrogen) atoms. The van der Waals surface area contributed by atoms with E-state index in [-0.39, 0.29) is 11.3 Å². The average molecular weight is 548 g/mol. The molecule has 0 radical (unpaired) electrons. The van der Waals surface area contributed by atoms with Crippen LogP contribution in [0, 0.1) is 22.7 Å².